The van der Waals surface area contributed by atoms with Gasteiger partial charge in [0.2, 0.25) is 0 Å². The highest BCUT2D eigenvalue weighted by Gasteiger charge is 2.36. The minimum atomic E-state index is -5.00. The number of carbonyl (C=O) groups is 1. The van der Waals surface area contributed by atoms with Crippen molar-refractivity contribution in [2.24, 2.45) is 0 Å². The summed E-state index contributed by atoms with van der Waals surface area (Å²) in [6.45, 7) is -0.608. The summed E-state index contributed by atoms with van der Waals surface area (Å²) >= 11 is 0. The Morgan fingerprint density at radius 3 is 2.19 bits per heavy atom. The van der Waals surface area contributed by atoms with E-state index in [4.69, 9.17) is 4.74 Å². The SMILES string of the molecule is COc1ccc(F)cc1-c1cc(C(=O)NCc2cc(C(F)(F)F)cc(C(F)(F)F)c2)[nH]n1. The van der Waals surface area contributed by atoms with E-state index in [0.29, 0.717) is 12.1 Å². The third kappa shape index (κ3) is 5.18. The topological polar surface area (TPSA) is 67.0 Å². The van der Waals surface area contributed by atoms with Gasteiger partial charge in [-0.2, -0.15) is 31.4 Å². The molecule has 0 aliphatic carbocycles. The number of nitrogens with zero attached hydrogens (tertiary/aromatic N) is 1. The maximum atomic E-state index is 13.5. The molecule has 0 saturated heterocycles. The molecule has 1 heterocycles. The Bertz CT molecular complexity index is 1100. The lowest BCUT2D eigenvalue weighted by Gasteiger charge is -2.14. The molecule has 0 unspecified atom stereocenters. The number of amides is 1. The first kappa shape index (κ1) is 23.1. The molecule has 0 aliphatic heterocycles. The van der Waals surface area contributed by atoms with Crippen LogP contribution in [-0.4, -0.2) is 23.2 Å². The summed E-state index contributed by atoms with van der Waals surface area (Å²) in [6.07, 6.45) is -10.00. The average molecular weight is 461 g/mol. The van der Waals surface area contributed by atoms with Crippen LogP contribution in [0.25, 0.3) is 11.3 Å². The minimum absolute atomic E-state index is 0.00112. The zero-order chi connectivity index (χ0) is 23.7. The molecule has 0 bridgehead atoms. The van der Waals surface area contributed by atoms with Gasteiger partial charge in [0, 0.05) is 12.1 Å². The average Bonchev–Trinajstić information content (AvgIpc) is 3.20. The Morgan fingerprint density at radius 2 is 1.62 bits per heavy atom. The summed E-state index contributed by atoms with van der Waals surface area (Å²) in [5.41, 5.74) is -3.14. The minimum Gasteiger partial charge on any atom is -0.496 e. The number of benzene rings is 2. The summed E-state index contributed by atoms with van der Waals surface area (Å²) in [4.78, 5) is 12.3. The van der Waals surface area contributed by atoms with E-state index in [2.05, 4.69) is 15.5 Å². The molecule has 0 fully saturated rings. The lowest BCUT2D eigenvalue weighted by molar-refractivity contribution is -0.143. The molecule has 3 aromatic rings. The quantitative estimate of drug-likeness (QED) is 0.514. The van der Waals surface area contributed by atoms with Crippen molar-refractivity contribution in [1.82, 2.24) is 15.5 Å². The molecule has 12 heteroatoms. The van der Waals surface area contributed by atoms with E-state index >= 15 is 0 Å². The number of methoxy groups -OCH3 is 1. The smallest absolute Gasteiger partial charge is 0.416 e. The predicted molar refractivity (Wildman–Crippen MR) is 98.1 cm³/mol. The van der Waals surface area contributed by atoms with Crippen LogP contribution in [0.4, 0.5) is 30.7 Å². The van der Waals surface area contributed by atoms with Gasteiger partial charge in [-0.25, -0.2) is 4.39 Å². The number of alkyl halides is 6. The van der Waals surface area contributed by atoms with Crippen LogP contribution in [0.2, 0.25) is 0 Å². The van der Waals surface area contributed by atoms with Crippen molar-refractivity contribution < 1.29 is 40.3 Å². The third-order valence-electron chi connectivity index (χ3n) is 4.36. The van der Waals surface area contributed by atoms with E-state index < -0.39 is 47.3 Å². The number of ether oxygens (including phenoxy) is 1. The molecule has 5 nitrogen and oxygen atoms in total. The summed E-state index contributed by atoms with van der Waals surface area (Å²) < 4.78 is 96.3. The predicted octanol–water partition coefficient (Wildman–Crippen LogP) is 5.19. The van der Waals surface area contributed by atoms with Gasteiger partial charge in [-0.15, -0.1) is 0 Å². The molecule has 1 amide bonds. The van der Waals surface area contributed by atoms with E-state index in [9.17, 15) is 35.5 Å². The number of aromatic nitrogens is 2. The second-order valence-electron chi connectivity index (χ2n) is 6.61. The van der Waals surface area contributed by atoms with Crippen LogP contribution in [0.3, 0.4) is 0 Å². The standard InChI is InChI=1S/C20H14F7N3O2/c1-32-17-3-2-13(21)7-14(17)15-8-16(30-29-15)18(31)28-9-10-4-11(19(22,23)24)6-12(5-10)20(25,26)27/h2-8H,9H2,1H3,(H,28,31)(H,29,30). The van der Waals surface area contributed by atoms with Gasteiger partial charge >= 0.3 is 12.4 Å². The van der Waals surface area contributed by atoms with Crippen molar-refractivity contribution in [3.63, 3.8) is 0 Å². The second-order valence-corrected chi connectivity index (χ2v) is 6.61. The zero-order valence-electron chi connectivity index (χ0n) is 16.2. The van der Waals surface area contributed by atoms with Gasteiger partial charge < -0.3 is 10.1 Å². The van der Waals surface area contributed by atoms with Gasteiger partial charge in [0.1, 0.15) is 17.3 Å². The fraction of sp³-hybridized carbons (Fsp3) is 0.200. The molecule has 0 spiro atoms. The summed E-state index contributed by atoms with van der Waals surface area (Å²) in [5, 5.41) is 8.48. The summed E-state index contributed by atoms with van der Waals surface area (Å²) in [5.74, 6) is -1.15. The highest BCUT2D eigenvalue weighted by atomic mass is 19.4. The van der Waals surface area contributed by atoms with Crippen LogP contribution in [0, 0.1) is 5.82 Å². The van der Waals surface area contributed by atoms with Crippen LogP contribution in [0.1, 0.15) is 27.2 Å². The van der Waals surface area contributed by atoms with Gasteiger partial charge in [0.05, 0.1) is 23.9 Å². The summed E-state index contributed by atoms with van der Waals surface area (Å²) in [7, 11) is 1.35. The van der Waals surface area contributed by atoms with Gasteiger partial charge in [0.15, 0.2) is 0 Å². The van der Waals surface area contributed by atoms with Crippen molar-refractivity contribution in [1.29, 1.82) is 0 Å². The Kier molecular flexibility index (Phi) is 6.15. The number of nitrogens with one attached hydrogen (secondary N) is 2. The van der Waals surface area contributed by atoms with Gasteiger partial charge in [-0.05, 0) is 48.0 Å². The normalized spacial score (nSPS) is 12.0. The first-order valence-corrected chi connectivity index (χ1v) is 8.84. The lowest BCUT2D eigenvalue weighted by Crippen LogP contribution is -2.24. The first-order valence-electron chi connectivity index (χ1n) is 8.84. The molecule has 3 rings (SSSR count). The number of halogens is 7. The molecule has 1 aromatic heterocycles. The van der Waals surface area contributed by atoms with Gasteiger partial charge in [-0.3, -0.25) is 9.89 Å². The first-order chi connectivity index (χ1) is 14.9. The van der Waals surface area contributed by atoms with Crippen LogP contribution in [-0.2, 0) is 18.9 Å². The molecule has 0 saturated carbocycles. The fourth-order valence-electron chi connectivity index (χ4n) is 2.86. The van der Waals surface area contributed by atoms with Crippen LogP contribution in [0.15, 0.2) is 42.5 Å². The Morgan fingerprint density at radius 1 is 1.00 bits per heavy atom. The largest absolute Gasteiger partial charge is 0.496 e. The molecule has 0 aliphatic rings. The molecular formula is C20H14F7N3O2. The fourth-order valence-corrected chi connectivity index (χ4v) is 2.86. The van der Waals surface area contributed by atoms with Crippen LogP contribution in [0.5, 0.6) is 5.75 Å². The maximum Gasteiger partial charge on any atom is 0.416 e. The van der Waals surface area contributed by atoms with E-state index in [1.54, 1.807) is 0 Å². The molecule has 170 valence electrons. The zero-order valence-corrected chi connectivity index (χ0v) is 16.2. The number of carbonyl (C=O) groups excluding carboxylic acids is 1. The molecule has 0 atom stereocenters. The Labute approximate surface area is 176 Å². The number of H-pyrrole nitrogens is 1. The number of hydrogen-bond acceptors (Lipinski definition) is 3. The Hall–Kier alpha value is -3.57. The van der Waals surface area contributed by atoms with E-state index in [1.807, 2.05) is 0 Å². The summed E-state index contributed by atoms with van der Waals surface area (Å²) in [6, 6.07) is 5.91. The maximum absolute atomic E-state index is 13.5. The third-order valence-corrected chi connectivity index (χ3v) is 4.36. The molecular weight excluding hydrogens is 447 g/mol. The van der Waals surface area contributed by atoms with Crippen LogP contribution >= 0.6 is 0 Å². The number of rotatable bonds is 5. The monoisotopic (exact) mass is 461 g/mol. The van der Waals surface area contributed by atoms with Crippen LogP contribution < -0.4 is 10.1 Å². The molecule has 2 N–H and O–H groups in total. The van der Waals surface area contributed by atoms with Crippen molar-refractivity contribution in [3.8, 4) is 17.0 Å². The van der Waals surface area contributed by atoms with E-state index in [0.717, 1.165) is 12.1 Å². The molecule has 0 radical (unpaired) electrons. The van der Waals surface area contributed by atoms with Crippen molar-refractivity contribution in [2.75, 3.05) is 7.11 Å². The van der Waals surface area contributed by atoms with Crippen molar-refractivity contribution >= 4 is 5.91 Å². The number of hydrogen-bond donors (Lipinski definition) is 2. The highest BCUT2D eigenvalue weighted by Crippen LogP contribution is 2.36. The lowest BCUT2D eigenvalue weighted by atomic mass is 10.0. The van der Waals surface area contributed by atoms with Crippen molar-refractivity contribution in [2.45, 2.75) is 18.9 Å². The van der Waals surface area contributed by atoms with E-state index in [-0.39, 0.29) is 28.8 Å². The molecule has 2 aromatic carbocycles. The van der Waals surface area contributed by atoms with E-state index in [1.165, 1.54) is 19.2 Å². The molecule has 32 heavy (non-hydrogen) atoms. The number of aromatic amines is 1. The second kappa shape index (κ2) is 8.52. The Balaban J connectivity index is 1.81. The highest BCUT2D eigenvalue weighted by molar-refractivity contribution is 5.93. The van der Waals surface area contributed by atoms with Gasteiger partial charge in [0.25, 0.3) is 5.91 Å². The van der Waals surface area contributed by atoms with Gasteiger partial charge in [-0.1, -0.05) is 0 Å². The van der Waals surface area contributed by atoms with Crippen molar-refractivity contribution in [3.05, 3.63) is 70.7 Å².